The zero-order chi connectivity index (χ0) is 25.6. The number of benzene rings is 2. The van der Waals surface area contributed by atoms with Crippen LogP contribution in [0.3, 0.4) is 0 Å². The van der Waals surface area contributed by atoms with Crippen LogP contribution in [0.5, 0.6) is 0 Å². The van der Waals surface area contributed by atoms with Crippen LogP contribution in [0.25, 0.3) is 10.9 Å². The molecule has 0 spiro atoms. The van der Waals surface area contributed by atoms with Crippen LogP contribution < -0.4 is 5.32 Å². The summed E-state index contributed by atoms with van der Waals surface area (Å²) >= 11 is 0. The summed E-state index contributed by atoms with van der Waals surface area (Å²) in [6, 6.07) is 21.7. The first kappa shape index (κ1) is 27.2. The summed E-state index contributed by atoms with van der Waals surface area (Å²) in [5.41, 5.74) is 2.42. The summed E-state index contributed by atoms with van der Waals surface area (Å²) in [6.07, 6.45) is 1.98. The van der Waals surface area contributed by atoms with Gasteiger partial charge < -0.3 is 20.4 Å². The number of rotatable bonds is 10. The SMILES string of the molecule is CCN(CC)CCC(NC(=O)c1ccc2ccccc2n1)c1ccccc1.O=C(O)C=CC(=O)O. The predicted octanol–water partition coefficient (Wildman–Crippen LogP) is 4.15. The van der Waals surface area contributed by atoms with Crippen molar-refractivity contribution in [3.63, 3.8) is 0 Å². The van der Waals surface area contributed by atoms with Gasteiger partial charge in [-0.25, -0.2) is 14.6 Å². The second-order valence-corrected chi connectivity index (χ2v) is 7.65. The quantitative estimate of drug-likeness (QED) is 0.375. The normalized spacial score (nSPS) is 11.6. The smallest absolute Gasteiger partial charge is 0.328 e. The standard InChI is InChI=1S/C23H27N3O.C4H4O4/c1-3-26(4-2)17-16-21(18-10-6-5-7-11-18)25-23(27)22-15-14-19-12-8-9-13-20(19)24-22;5-3(6)1-2-4(7)8/h5-15,21H,3-4,16-17H2,1-2H3,(H,25,27);1-2H,(H,5,6)(H,7,8). The average Bonchev–Trinajstić information content (AvgIpc) is 2.87. The maximum Gasteiger partial charge on any atom is 0.328 e. The number of para-hydroxylation sites is 1. The zero-order valence-electron chi connectivity index (χ0n) is 19.9. The van der Waals surface area contributed by atoms with Gasteiger partial charge in [0, 0.05) is 24.1 Å². The van der Waals surface area contributed by atoms with Crippen LogP contribution in [0.4, 0.5) is 0 Å². The van der Waals surface area contributed by atoms with Gasteiger partial charge in [-0.05, 0) is 37.2 Å². The Bertz CT molecular complexity index is 1130. The van der Waals surface area contributed by atoms with E-state index in [0.29, 0.717) is 17.8 Å². The fraction of sp³-hybridized carbons (Fsp3) is 0.259. The number of hydrogen-bond donors (Lipinski definition) is 3. The molecular weight excluding hydrogens is 446 g/mol. The summed E-state index contributed by atoms with van der Waals surface area (Å²) in [7, 11) is 0. The van der Waals surface area contributed by atoms with Gasteiger partial charge in [-0.15, -0.1) is 0 Å². The van der Waals surface area contributed by atoms with Crippen molar-refractivity contribution < 1.29 is 24.6 Å². The zero-order valence-corrected chi connectivity index (χ0v) is 19.9. The molecule has 3 rings (SSSR count). The third-order valence-electron chi connectivity index (χ3n) is 5.34. The molecule has 3 N–H and O–H groups in total. The topological polar surface area (TPSA) is 120 Å². The monoisotopic (exact) mass is 477 g/mol. The molecule has 1 unspecified atom stereocenters. The van der Waals surface area contributed by atoms with Crippen molar-refractivity contribution in [3.05, 3.63) is 90.1 Å². The maximum atomic E-state index is 12.9. The molecule has 3 aromatic rings. The Kier molecular flexibility index (Phi) is 11.1. The molecule has 0 fully saturated rings. The van der Waals surface area contributed by atoms with Crippen LogP contribution in [0.15, 0.2) is 78.9 Å². The fourth-order valence-electron chi connectivity index (χ4n) is 3.43. The highest BCUT2D eigenvalue weighted by molar-refractivity contribution is 5.95. The van der Waals surface area contributed by atoms with E-state index in [0.717, 1.165) is 42.5 Å². The average molecular weight is 478 g/mol. The van der Waals surface area contributed by atoms with E-state index in [4.69, 9.17) is 10.2 Å². The summed E-state index contributed by atoms with van der Waals surface area (Å²) in [4.78, 5) is 38.9. The van der Waals surface area contributed by atoms with Crippen LogP contribution in [0, 0.1) is 0 Å². The number of aliphatic carboxylic acids is 2. The third kappa shape index (κ3) is 9.38. The van der Waals surface area contributed by atoms with Gasteiger partial charge in [-0.2, -0.15) is 0 Å². The minimum absolute atomic E-state index is 0.0347. The minimum Gasteiger partial charge on any atom is -0.478 e. The number of carbonyl (C=O) groups is 3. The molecule has 0 aliphatic heterocycles. The molecule has 0 aliphatic carbocycles. The van der Waals surface area contributed by atoms with Gasteiger partial charge in [0.25, 0.3) is 5.91 Å². The highest BCUT2D eigenvalue weighted by atomic mass is 16.4. The lowest BCUT2D eigenvalue weighted by Gasteiger charge is -2.24. The Hall–Kier alpha value is -4.04. The van der Waals surface area contributed by atoms with Gasteiger partial charge in [0.15, 0.2) is 0 Å². The van der Waals surface area contributed by atoms with Crippen molar-refractivity contribution in [3.8, 4) is 0 Å². The van der Waals surface area contributed by atoms with Crippen molar-refractivity contribution in [2.24, 2.45) is 0 Å². The summed E-state index contributed by atoms with van der Waals surface area (Å²) in [6.45, 7) is 7.30. The second kappa shape index (κ2) is 14.3. The molecule has 1 atom stereocenters. The largest absolute Gasteiger partial charge is 0.478 e. The van der Waals surface area contributed by atoms with Gasteiger partial charge >= 0.3 is 11.9 Å². The summed E-state index contributed by atoms with van der Waals surface area (Å²) in [5.74, 6) is -2.64. The number of fused-ring (bicyclic) bond motifs is 1. The van der Waals surface area contributed by atoms with Gasteiger partial charge in [-0.1, -0.05) is 68.4 Å². The first-order valence-corrected chi connectivity index (χ1v) is 11.4. The number of carboxylic acids is 2. The van der Waals surface area contributed by atoms with Crippen molar-refractivity contribution in [2.75, 3.05) is 19.6 Å². The van der Waals surface area contributed by atoms with Crippen molar-refractivity contribution >= 4 is 28.7 Å². The Morgan fingerprint density at radius 2 is 1.49 bits per heavy atom. The third-order valence-corrected chi connectivity index (χ3v) is 5.34. The fourth-order valence-corrected chi connectivity index (χ4v) is 3.43. The molecule has 2 aromatic carbocycles. The lowest BCUT2D eigenvalue weighted by atomic mass is 10.0. The molecule has 0 saturated carbocycles. The Balaban J connectivity index is 0.000000466. The number of nitrogens with one attached hydrogen (secondary N) is 1. The van der Waals surface area contributed by atoms with Gasteiger partial charge in [0.05, 0.1) is 11.6 Å². The molecule has 0 radical (unpaired) electrons. The maximum absolute atomic E-state index is 12.9. The summed E-state index contributed by atoms with van der Waals surface area (Å²) in [5, 5.41) is 19.9. The van der Waals surface area contributed by atoms with Crippen LogP contribution >= 0.6 is 0 Å². The highest BCUT2D eigenvalue weighted by Crippen LogP contribution is 2.19. The van der Waals surface area contributed by atoms with E-state index in [2.05, 4.69) is 41.2 Å². The van der Waals surface area contributed by atoms with Crippen molar-refractivity contribution in [1.82, 2.24) is 15.2 Å². The number of carbonyl (C=O) groups excluding carboxylic acids is 1. The Labute approximate surface area is 204 Å². The van der Waals surface area contributed by atoms with E-state index in [1.165, 1.54) is 0 Å². The number of carboxylic acid groups (broad SMARTS) is 2. The molecule has 0 bridgehead atoms. The van der Waals surface area contributed by atoms with Gasteiger partial charge in [0.1, 0.15) is 5.69 Å². The first-order chi connectivity index (χ1) is 16.8. The molecule has 184 valence electrons. The first-order valence-electron chi connectivity index (χ1n) is 11.4. The van der Waals surface area contributed by atoms with E-state index >= 15 is 0 Å². The molecule has 1 aromatic heterocycles. The van der Waals surface area contributed by atoms with E-state index < -0.39 is 11.9 Å². The number of amides is 1. The molecular formula is C27H31N3O5. The van der Waals surface area contributed by atoms with E-state index in [-0.39, 0.29) is 11.9 Å². The van der Waals surface area contributed by atoms with Crippen LogP contribution in [-0.2, 0) is 9.59 Å². The van der Waals surface area contributed by atoms with E-state index in [1.54, 1.807) is 6.07 Å². The number of hydrogen-bond acceptors (Lipinski definition) is 5. The number of nitrogens with zero attached hydrogens (tertiary/aromatic N) is 2. The van der Waals surface area contributed by atoms with Gasteiger partial charge in [0.2, 0.25) is 0 Å². The lowest BCUT2D eigenvalue weighted by Crippen LogP contribution is -2.33. The van der Waals surface area contributed by atoms with Crippen LogP contribution in [0.2, 0.25) is 0 Å². The molecule has 0 saturated heterocycles. The second-order valence-electron chi connectivity index (χ2n) is 7.65. The molecule has 0 aliphatic rings. The molecule has 8 heteroatoms. The Morgan fingerprint density at radius 1 is 0.886 bits per heavy atom. The molecule has 1 heterocycles. The molecule has 1 amide bonds. The Morgan fingerprint density at radius 3 is 2.09 bits per heavy atom. The van der Waals surface area contributed by atoms with Gasteiger partial charge in [-0.3, -0.25) is 4.79 Å². The van der Waals surface area contributed by atoms with Crippen LogP contribution in [-0.4, -0.2) is 57.6 Å². The number of pyridine rings is 1. The molecule has 35 heavy (non-hydrogen) atoms. The highest BCUT2D eigenvalue weighted by Gasteiger charge is 2.17. The molecule has 8 nitrogen and oxygen atoms in total. The van der Waals surface area contributed by atoms with E-state index in [9.17, 15) is 14.4 Å². The van der Waals surface area contributed by atoms with Crippen molar-refractivity contribution in [2.45, 2.75) is 26.3 Å². The number of aromatic nitrogens is 1. The van der Waals surface area contributed by atoms with Crippen LogP contribution in [0.1, 0.15) is 42.4 Å². The predicted molar refractivity (Wildman–Crippen MR) is 135 cm³/mol. The van der Waals surface area contributed by atoms with E-state index in [1.807, 2.05) is 48.5 Å². The minimum atomic E-state index is -1.26. The van der Waals surface area contributed by atoms with Crippen molar-refractivity contribution in [1.29, 1.82) is 0 Å². The summed E-state index contributed by atoms with van der Waals surface area (Å²) < 4.78 is 0. The lowest BCUT2D eigenvalue weighted by molar-refractivity contribution is -0.134.